The standard InChI is InChI=1S/C9H15N3O/c1-9(4-3-5-13-9)7-6-8(10)12(2)11-7/h6H,3-5,10H2,1-2H3. The second-order valence-electron chi connectivity index (χ2n) is 3.76. The van der Waals surface area contributed by atoms with E-state index in [-0.39, 0.29) is 5.60 Å². The number of hydrogen-bond acceptors (Lipinski definition) is 3. The summed E-state index contributed by atoms with van der Waals surface area (Å²) in [5.74, 6) is 0.687. The highest BCUT2D eigenvalue weighted by molar-refractivity contribution is 5.33. The quantitative estimate of drug-likeness (QED) is 0.704. The second-order valence-corrected chi connectivity index (χ2v) is 3.76. The molecule has 1 aliphatic rings. The van der Waals surface area contributed by atoms with Gasteiger partial charge in [0.15, 0.2) is 0 Å². The van der Waals surface area contributed by atoms with Crippen molar-refractivity contribution in [2.24, 2.45) is 7.05 Å². The lowest BCUT2D eigenvalue weighted by Gasteiger charge is -2.19. The Balaban J connectivity index is 2.34. The molecule has 1 atom stereocenters. The topological polar surface area (TPSA) is 53.1 Å². The zero-order valence-corrected chi connectivity index (χ0v) is 8.08. The van der Waals surface area contributed by atoms with Gasteiger partial charge in [0.25, 0.3) is 0 Å². The molecule has 0 aliphatic carbocycles. The van der Waals surface area contributed by atoms with Gasteiger partial charge < -0.3 is 10.5 Å². The highest BCUT2D eigenvalue weighted by Gasteiger charge is 2.34. The van der Waals surface area contributed by atoms with E-state index in [4.69, 9.17) is 10.5 Å². The van der Waals surface area contributed by atoms with Crippen LogP contribution in [0.2, 0.25) is 0 Å². The molecule has 1 fully saturated rings. The van der Waals surface area contributed by atoms with Crippen LogP contribution in [-0.4, -0.2) is 16.4 Å². The van der Waals surface area contributed by atoms with Crippen LogP contribution in [0.3, 0.4) is 0 Å². The normalized spacial score (nSPS) is 28.2. The smallest absolute Gasteiger partial charge is 0.121 e. The summed E-state index contributed by atoms with van der Waals surface area (Å²) < 4.78 is 7.35. The summed E-state index contributed by atoms with van der Waals surface area (Å²) in [4.78, 5) is 0. The Labute approximate surface area is 77.7 Å². The van der Waals surface area contributed by atoms with Crippen molar-refractivity contribution in [3.8, 4) is 0 Å². The first-order chi connectivity index (χ1) is 6.12. The zero-order chi connectivity index (χ0) is 9.47. The number of ether oxygens (including phenoxy) is 1. The highest BCUT2D eigenvalue weighted by Crippen LogP contribution is 2.35. The Morgan fingerprint density at radius 2 is 2.46 bits per heavy atom. The van der Waals surface area contributed by atoms with Gasteiger partial charge in [-0.15, -0.1) is 0 Å². The first-order valence-corrected chi connectivity index (χ1v) is 4.56. The lowest BCUT2D eigenvalue weighted by molar-refractivity contribution is 0.0128. The van der Waals surface area contributed by atoms with E-state index >= 15 is 0 Å². The molecule has 1 saturated heterocycles. The maximum atomic E-state index is 5.71. The molecular weight excluding hydrogens is 166 g/mol. The number of aryl methyl sites for hydroxylation is 1. The van der Waals surface area contributed by atoms with Gasteiger partial charge in [-0.3, -0.25) is 4.68 Å². The van der Waals surface area contributed by atoms with E-state index < -0.39 is 0 Å². The third-order valence-corrected chi connectivity index (χ3v) is 2.68. The average molecular weight is 181 g/mol. The summed E-state index contributed by atoms with van der Waals surface area (Å²) in [6.07, 6.45) is 2.14. The summed E-state index contributed by atoms with van der Waals surface area (Å²) in [5, 5.41) is 4.33. The van der Waals surface area contributed by atoms with E-state index in [9.17, 15) is 0 Å². The maximum absolute atomic E-state index is 5.71. The number of anilines is 1. The predicted octanol–water partition coefficient (Wildman–Crippen LogP) is 1.03. The molecule has 13 heavy (non-hydrogen) atoms. The van der Waals surface area contributed by atoms with Gasteiger partial charge in [0, 0.05) is 19.7 Å². The van der Waals surface area contributed by atoms with Gasteiger partial charge in [-0.05, 0) is 19.8 Å². The van der Waals surface area contributed by atoms with Crippen molar-refractivity contribution in [3.05, 3.63) is 11.8 Å². The molecule has 1 unspecified atom stereocenters. The molecule has 0 radical (unpaired) electrons. The van der Waals surface area contributed by atoms with Crippen LogP contribution < -0.4 is 5.73 Å². The van der Waals surface area contributed by atoms with Crippen LogP contribution in [0.25, 0.3) is 0 Å². The number of aromatic nitrogens is 2. The van der Waals surface area contributed by atoms with Gasteiger partial charge in [-0.1, -0.05) is 0 Å². The molecule has 4 heteroatoms. The van der Waals surface area contributed by atoms with E-state index in [0.717, 1.165) is 25.1 Å². The van der Waals surface area contributed by atoms with Crippen molar-refractivity contribution in [1.29, 1.82) is 0 Å². The third-order valence-electron chi connectivity index (χ3n) is 2.68. The number of nitrogens with two attached hydrogens (primary N) is 1. The Morgan fingerprint density at radius 1 is 1.69 bits per heavy atom. The van der Waals surface area contributed by atoms with Gasteiger partial charge in [-0.25, -0.2) is 0 Å². The Hall–Kier alpha value is -1.03. The van der Waals surface area contributed by atoms with E-state index in [2.05, 4.69) is 12.0 Å². The molecule has 1 aromatic heterocycles. The van der Waals surface area contributed by atoms with Crippen molar-refractivity contribution in [2.45, 2.75) is 25.4 Å². The molecule has 4 nitrogen and oxygen atoms in total. The van der Waals surface area contributed by atoms with Gasteiger partial charge in [0.05, 0.1) is 5.69 Å². The summed E-state index contributed by atoms with van der Waals surface area (Å²) in [6, 6.07) is 1.89. The Bertz CT molecular complexity index is 293. The molecule has 2 rings (SSSR count). The van der Waals surface area contributed by atoms with Crippen LogP contribution >= 0.6 is 0 Å². The Kier molecular flexibility index (Phi) is 1.80. The van der Waals surface area contributed by atoms with Crippen molar-refractivity contribution < 1.29 is 4.74 Å². The van der Waals surface area contributed by atoms with E-state index in [1.165, 1.54) is 0 Å². The van der Waals surface area contributed by atoms with E-state index in [1.54, 1.807) is 4.68 Å². The van der Waals surface area contributed by atoms with E-state index in [0.29, 0.717) is 5.82 Å². The second kappa shape index (κ2) is 2.73. The fourth-order valence-corrected chi connectivity index (χ4v) is 1.72. The fourth-order valence-electron chi connectivity index (χ4n) is 1.72. The number of nitrogens with zero attached hydrogens (tertiary/aromatic N) is 2. The summed E-state index contributed by atoms with van der Waals surface area (Å²) in [7, 11) is 1.84. The molecule has 2 heterocycles. The number of nitrogen functional groups attached to an aromatic ring is 1. The van der Waals surface area contributed by atoms with Crippen LogP contribution in [0.1, 0.15) is 25.5 Å². The monoisotopic (exact) mass is 181 g/mol. The van der Waals surface area contributed by atoms with Crippen LogP contribution in [0.4, 0.5) is 5.82 Å². The summed E-state index contributed by atoms with van der Waals surface area (Å²) in [5.41, 5.74) is 6.45. The minimum Gasteiger partial charge on any atom is -0.384 e. The fraction of sp³-hybridized carbons (Fsp3) is 0.667. The molecule has 0 aromatic carbocycles. The molecule has 72 valence electrons. The van der Waals surface area contributed by atoms with Crippen molar-refractivity contribution in [1.82, 2.24) is 9.78 Å². The molecule has 0 saturated carbocycles. The lowest BCUT2D eigenvalue weighted by atomic mass is 9.99. The van der Waals surface area contributed by atoms with Gasteiger partial charge in [0.1, 0.15) is 11.4 Å². The number of hydrogen-bond donors (Lipinski definition) is 1. The minimum atomic E-state index is -0.213. The molecule has 1 aromatic rings. The predicted molar refractivity (Wildman–Crippen MR) is 50.2 cm³/mol. The van der Waals surface area contributed by atoms with Gasteiger partial charge >= 0.3 is 0 Å². The molecular formula is C9H15N3O. The first kappa shape index (κ1) is 8.56. The number of rotatable bonds is 1. The largest absolute Gasteiger partial charge is 0.384 e. The van der Waals surface area contributed by atoms with Crippen LogP contribution in [0.5, 0.6) is 0 Å². The minimum absolute atomic E-state index is 0.213. The van der Waals surface area contributed by atoms with Crippen LogP contribution in [-0.2, 0) is 17.4 Å². The zero-order valence-electron chi connectivity index (χ0n) is 8.08. The molecule has 0 spiro atoms. The molecule has 0 amide bonds. The van der Waals surface area contributed by atoms with Crippen LogP contribution in [0, 0.1) is 0 Å². The Morgan fingerprint density at radius 3 is 2.92 bits per heavy atom. The van der Waals surface area contributed by atoms with Gasteiger partial charge in [0.2, 0.25) is 0 Å². The van der Waals surface area contributed by atoms with Crippen molar-refractivity contribution >= 4 is 5.82 Å². The van der Waals surface area contributed by atoms with E-state index in [1.807, 2.05) is 13.1 Å². The summed E-state index contributed by atoms with van der Waals surface area (Å²) in [6.45, 7) is 2.90. The highest BCUT2D eigenvalue weighted by atomic mass is 16.5. The lowest BCUT2D eigenvalue weighted by Crippen LogP contribution is -2.20. The molecule has 2 N–H and O–H groups in total. The average Bonchev–Trinajstić information content (AvgIpc) is 2.62. The van der Waals surface area contributed by atoms with Gasteiger partial charge in [-0.2, -0.15) is 5.10 Å². The third kappa shape index (κ3) is 1.31. The summed E-state index contributed by atoms with van der Waals surface area (Å²) >= 11 is 0. The SMILES string of the molecule is Cn1nc(C2(C)CCCO2)cc1N. The van der Waals surface area contributed by atoms with Crippen LogP contribution in [0.15, 0.2) is 6.07 Å². The van der Waals surface area contributed by atoms with Crippen molar-refractivity contribution in [3.63, 3.8) is 0 Å². The molecule has 1 aliphatic heterocycles. The van der Waals surface area contributed by atoms with Crippen molar-refractivity contribution in [2.75, 3.05) is 12.3 Å². The first-order valence-electron chi connectivity index (χ1n) is 4.56. The maximum Gasteiger partial charge on any atom is 0.121 e. The molecule has 0 bridgehead atoms.